The van der Waals surface area contributed by atoms with E-state index >= 15 is 0 Å². The van der Waals surface area contributed by atoms with Gasteiger partial charge in [0.15, 0.2) is 0 Å². The highest BCUT2D eigenvalue weighted by atomic mass is 16.5. The molecule has 2 aromatic carbocycles. The number of hydrogen-bond donors (Lipinski definition) is 0. The topological polar surface area (TPSA) is 46.6 Å². The maximum Gasteiger partial charge on any atom is 0.308 e. The molecule has 0 aliphatic carbocycles. The number of rotatable bonds is 5. The monoisotopic (exact) mass is 297 g/mol. The third-order valence-corrected chi connectivity index (χ3v) is 3.26. The first-order valence-electron chi connectivity index (χ1n) is 7.22. The van der Waals surface area contributed by atoms with Gasteiger partial charge in [0.1, 0.15) is 5.75 Å². The van der Waals surface area contributed by atoms with E-state index in [9.17, 15) is 9.59 Å². The largest absolute Gasteiger partial charge is 0.426 e. The van der Waals surface area contributed by atoms with Crippen molar-refractivity contribution in [2.45, 2.75) is 20.4 Å². The van der Waals surface area contributed by atoms with Crippen LogP contribution in [0.4, 0.5) is 0 Å². The standard InChI is InChI=1S/C18H19NO3/c1-3-19(13-15-9-5-4-6-10-15)18(21)16-11-7-8-12-17(16)22-14(2)20/h4-12H,3,13H2,1-2H3. The molecule has 0 unspecified atom stereocenters. The normalized spacial score (nSPS) is 10.1. The van der Waals surface area contributed by atoms with Crippen molar-refractivity contribution in [1.29, 1.82) is 0 Å². The number of esters is 1. The summed E-state index contributed by atoms with van der Waals surface area (Å²) in [6.45, 7) is 4.34. The Bertz CT molecular complexity index is 652. The number of benzene rings is 2. The number of carbonyl (C=O) groups is 2. The first-order valence-corrected chi connectivity index (χ1v) is 7.22. The average molecular weight is 297 g/mol. The molecule has 0 N–H and O–H groups in total. The smallest absolute Gasteiger partial charge is 0.308 e. The number of carbonyl (C=O) groups excluding carboxylic acids is 2. The Balaban J connectivity index is 2.23. The van der Waals surface area contributed by atoms with Crippen molar-refractivity contribution in [2.75, 3.05) is 6.54 Å². The summed E-state index contributed by atoms with van der Waals surface area (Å²) < 4.78 is 5.12. The van der Waals surface area contributed by atoms with Crippen LogP contribution in [0.2, 0.25) is 0 Å². The van der Waals surface area contributed by atoms with Gasteiger partial charge in [-0.3, -0.25) is 9.59 Å². The van der Waals surface area contributed by atoms with Gasteiger partial charge in [0.25, 0.3) is 5.91 Å². The van der Waals surface area contributed by atoms with Crippen LogP contribution in [0.25, 0.3) is 0 Å². The molecule has 4 heteroatoms. The summed E-state index contributed by atoms with van der Waals surface area (Å²) >= 11 is 0. The van der Waals surface area contributed by atoms with Gasteiger partial charge < -0.3 is 9.64 Å². The molecule has 0 heterocycles. The summed E-state index contributed by atoms with van der Waals surface area (Å²) in [5, 5.41) is 0. The molecule has 0 spiro atoms. The molecule has 0 fully saturated rings. The minimum atomic E-state index is -0.439. The molecular formula is C18H19NO3. The van der Waals surface area contributed by atoms with Crippen LogP contribution in [0.1, 0.15) is 29.8 Å². The molecule has 1 amide bonds. The van der Waals surface area contributed by atoms with Crippen molar-refractivity contribution in [3.05, 3.63) is 65.7 Å². The van der Waals surface area contributed by atoms with Crippen LogP contribution in [-0.2, 0) is 11.3 Å². The lowest BCUT2D eigenvalue weighted by molar-refractivity contribution is -0.131. The predicted octanol–water partition coefficient (Wildman–Crippen LogP) is 3.27. The molecule has 0 saturated carbocycles. The Hall–Kier alpha value is -2.62. The molecule has 0 saturated heterocycles. The second kappa shape index (κ2) is 7.41. The molecular weight excluding hydrogens is 278 g/mol. The Morgan fingerprint density at radius 1 is 1.00 bits per heavy atom. The summed E-state index contributed by atoms with van der Waals surface area (Å²) in [6, 6.07) is 16.6. The number of nitrogens with zero attached hydrogens (tertiary/aromatic N) is 1. The molecule has 114 valence electrons. The summed E-state index contributed by atoms with van der Waals surface area (Å²) in [4.78, 5) is 25.6. The highest BCUT2D eigenvalue weighted by molar-refractivity contribution is 5.97. The molecule has 0 atom stereocenters. The molecule has 0 bridgehead atoms. The van der Waals surface area contributed by atoms with E-state index in [-0.39, 0.29) is 5.91 Å². The van der Waals surface area contributed by atoms with Crippen molar-refractivity contribution in [1.82, 2.24) is 4.90 Å². The second-order valence-electron chi connectivity index (χ2n) is 4.89. The number of ether oxygens (including phenoxy) is 1. The molecule has 0 aromatic heterocycles. The zero-order chi connectivity index (χ0) is 15.9. The molecule has 4 nitrogen and oxygen atoms in total. The van der Waals surface area contributed by atoms with Crippen molar-refractivity contribution in [3.63, 3.8) is 0 Å². The Morgan fingerprint density at radius 3 is 2.27 bits per heavy atom. The number of amides is 1. The van der Waals surface area contributed by atoms with E-state index in [0.717, 1.165) is 5.56 Å². The third kappa shape index (κ3) is 3.95. The Kier molecular flexibility index (Phi) is 5.31. The average Bonchev–Trinajstić information content (AvgIpc) is 2.53. The quantitative estimate of drug-likeness (QED) is 0.628. The lowest BCUT2D eigenvalue weighted by Gasteiger charge is -2.22. The van der Waals surface area contributed by atoms with Crippen molar-refractivity contribution < 1.29 is 14.3 Å². The maximum absolute atomic E-state index is 12.7. The van der Waals surface area contributed by atoms with Crippen LogP contribution < -0.4 is 4.74 Å². The van der Waals surface area contributed by atoms with Gasteiger partial charge >= 0.3 is 5.97 Å². The predicted molar refractivity (Wildman–Crippen MR) is 84.6 cm³/mol. The lowest BCUT2D eigenvalue weighted by atomic mass is 10.1. The van der Waals surface area contributed by atoms with Crippen LogP contribution in [0.15, 0.2) is 54.6 Å². The van der Waals surface area contributed by atoms with Gasteiger partial charge in [-0.1, -0.05) is 42.5 Å². The minimum absolute atomic E-state index is 0.150. The molecule has 2 rings (SSSR count). The summed E-state index contributed by atoms with van der Waals surface area (Å²) in [5.74, 6) is -0.291. The first kappa shape index (κ1) is 15.8. The van der Waals surface area contributed by atoms with Crippen LogP contribution in [-0.4, -0.2) is 23.3 Å². The van der Waals surface area contributed by atoms with Gasteiger partial charge in [-0.15, -0.1) is 0 Å². The first-order chi connectivity index (χ1) is 10.6. The van der Waals surface area contributed by atoms with Gasteiger partial charge in [0.2, 0.25) is 0 Å². The van der Waals surface area contributed by atoms with Crippen LogP contribution in [0, 0.1) is 0 Å². The molecule has 0 aliphatic heterocycles. The van der Waals surface area contributed by atoms with Gasteiger partial charge in [-0.05, 0) is 24.6 Å². The molecule has 22 heavy (non-hydrogen) atoms. The van der Waals surface area contributed by atoms with E-state index in [1.165, 1.54) is 6.92 Å². The van der Waals surface area contributed by atoms with Crippen molar-refractivity contribution in [2.24, 2.45) is 0 Å². The number of hydrogen-bond acceptors (Lipinski definition) is 3. The van der Waals surface area contributed by atoms with Gasteiger partial charge in [-0.2, -0.15) is 0 Å². The summed E-state index contributed by atoms with van der Waals surface area (Å²) in [5.41, 5.74) is 1.46. The van der Waals surface area contributed by atoms with Gasteiger partial charge in [-0.25, -0.2) is 0 Å². The number of para-hydroxylation sites is 1. The Morgan fingerprint density at radius 2 is 1.64 bits per heavy atom. The fourth-order valence-corrected chi connectivity index (χ4v) is 2.19. The molecule has 0 aliphatic rings. The third-order valence-electron chi connectivity index (χ3n) is 3.26. The van der Waals surface area contributed by atoms with Crippen molar-refractivity contribution >= 4 is 11.9 Å². The minimum Gasteiger partial charge on any atom is -0.426 e. The van der Waals surface area contributed by atoms with Crippen molar-refractivity contribution in [3.8, 4) is 5.75 Å². The highest BCUT2D eigenvalue weighted by Gasteiger charge is 2.19. The summed E-state index contributed by atoms with van der Waals surface area (Å²) in [6.07, 6.45) is 0. The van der Waals surface area contributed by atoms with Crippen LogP contribution in [0.5, 0.6) is 5.75 Å². The fraction of sp³-hybridized carbons (Fsp3) is 0.222. The van der Waals surface area contributed by atoms with E-state index in [1.807, 2.05) is 37.3 Å². The van der Waals surface area contributed by atoms with E-state index < -0.39 is 5.97 Å². The van der Waals surface area contributed by atoms with Crippen LogP contribution in [0.3, 0.4) is 0 Å². The zero-order valence-corrected chi connectivity index (χ0v) is 12.8. The molecule has 0 radical (unpaired) electrons. The SMILES string of the molecule is CCN(Cc1ccccc1)C(=O)c1ccccc1OC(C)=O. The molecule has 2 aromatic rings. The van der Waals surface area contributed by atoms with Crippen LogP contribution >= 0.6 is 0 Å². The van der Waals surface area contributed by atoms with E-state index in [4.69, 9.17) is 4.74 Å². The summed E-state index contributed by atoms with van der Waals surface area (Å²) in [7, 11) is 0. The zero-order valence-electron chi connectivity index (χ0n) is 12.8. The fourth-order valence-electron chi connectivity index (χ4n) is 2.19. The second-order valence-corrected chi connectivity index (χ2v) is 4.89. The van der Waals surface area contributed by atoms with E-state index in [2.05, 4.69) is 0 Å². The van der Waals surface area contributed by atoms with Gasteiger partial charge in [0.05, 0.1) is 5.56 Å². The maximum atomic E-state index is 12.7. The van der Waals surface area contributed by atoms with E-state index in [1.54, 1.807) is 29.2 Å². The van der Waals surface area contributed by atoms with E-state index in [0.29, 0.717) is 24.4 Å². The Labute approximate surface area is 130 Å². The van der Waals surface area contributed by atoms with Gasteiger partial charge in [0, 0.05) is 20.0 Å². The highest BCUT2D eigenvalue weighted by Crippen LogP contribution is 2.21. The lowest BCUT2D eigenvalue weighted by Crippen LogP contribution is -2.30.